The largest absolute Gasteiger partial charge is 0.481 e. The van der Waals surface area contributed by atoms with Gasteiger partial charge in [0.15, 0.2) is 0 Å². The third kappa shape index (κ3) is 6.26. The number of carbonyl (C=O) groups is 2. The molecule has 0 aromatic heterocycles. The molecular formula is C17H25NO4. The Kier molecular flexibility index (Phi) is 7.60. The lowest BCUT2D eigenvalue weighted by molar-refractivity contribution is -0.142. The number of hydrogen-bond acceptors (Lipinski definition) is 3. The van der Waals surface area contributed by atoms with Crippen LogP contribution in [0, 0.1) is 5.92 Å². The zero-order valence-electron chi connectivity index (χ0n) is 13.4. The van der Waals surface area contributed by atoms with Gasteiger partial charge in [0.1, 0.15) is 0 Å². The quantitative estimate of drug-likeness (QED) is 0.688. The molecule has 22 heavy (non-hydrogen) atoms. The van der Waals surface area contributed by atoms with Crippen molar-refractivity contribution in [3.8, 4) is 0 Å². The second kappa shape index (κ2) is 9.20. The van der Waals surface area contributed by atoms with Crippen molar-refractivity contribution in [3.05, 3.63) is 35.9 Å². The summed E-state index contributed by atoms with van der Waals surface area (Å²) in [6.07, 6.45) is 1.09. The van der Waals surface area contributed by atoms with Crippen molar-refractivity contribution >= 4 is 11.9 Å². The second-order valence-electron chi connectivity index (χ2n) is 5.61. The molecule has 1 amide bonds. The Morgan fingerprint density at radius 2 is 1.82 bits per heavy atom. The van der Waals surface area contributed by atoms with E-state index in [1.54, 1.807) is 6.92 Å². The van der Waals surface area contributed by atoms with E-state index in [1.807, 2.05) is 44.2 Å². The Morgan fingerprint density at radius 3 is 2.36 bits per heavy atom. The summed E-state index contributed by atoms with van der Waals surface area (Å²) >= 11 is 0. The lowest BCUT2D eigenvalue weighted by Gasteiger charge is -2.23. The van der Waals surface area contributed by atoms with E-state index in [1.165, 1.54) is 0 Å². The van der Waals surface area contributed by atoms with Crippen molar-refractivity contribution in [2.75, 3.05) is 6.61 Å². The zero-order valence-corrected chi connectivity index (χ0v) is 13.4. The monoisotopic (exact) mass is 307 g/mol. The number of aliphatic carboxylic acids is 1. The first-order chi connectivity index (χ1) is 10.4. The molecule has 1 aromatic carbocycles. The van der Waals surface area contributed by atoms with Gasteiger partial charge in [-0.05, 0) is 32.8 Å². The van der Waals surface area contributed by atoms with Gasteiger partial charge in [-0.3, -0.25) is 9.59 Å². The van der Waals surface area contributed by atoms with Crippen LogP contribution in [-0.4, -0.2) is 29.7 Å². The van der Waals surface area contributed by atoms with Crippen molar-refractivity contribution in [1.29, 1.82) is 0 Å². The molecule has 0 saturated heterocycles. The van der Waals surface area contributed by atoms with Gasteiger partial charge in [0, 0.05) is 13.0 Å². The minimum absolute atomic E-state index is 0.146. The van der Waals surface area contributed by atoms with E-state index >= 15 is 0 Å². The highest BCUT2D eigenvalue weighted by Crippen LogP contribution is 2.22. The van der Waals surface area contributed by atoms with Gasteiger partial charge in [0.05, 0.1) is 18.1 Å². The summed E-state index contributed by atoms with van der Waals surface area (Å²) in [5.74, 6) is -1.79. The molecule has 5 nitrogen and oxygen atoms in total. The van der Waals surface area contributed by atoms with E-state index in [9.17, 15) is 14.7 Å². The molecule has 0 aliphatic heterocycles. The van der Waals surface area contributed by atoms with Gasteiger partial charge in [0.2, 0.25) is 5.91 Å². The van der Waals surface area contributed by atoms with Crippen molar-refractivity contribution in [3.63, 3.8) is 0 Å². The highest BCUT2D eigenvalue weighted by molar-refractivity contribution is 5.78. The predicted octanol–water partition coefficient (Wildman–Crippen LogP) is 2.77. The molecule has 1 rings (SSSR count). The molecule has 0 spiro atoms. The fraction of sp³-hybridized carbons (Fsp3) is 0.529. The number of carboxylic acid groups (broad SMARTS) is 1. The number of hydrogen-bond donors (Lipinski definition) is 2. The minimum Gasteiger partial charge on any atom is -0.481 e. The van der Waals surface area contributed by atoms with Crippen LogP contribution in [0.3, 0.4) is 0 Å². The van der Waals surface area contributed by atoms with Gasteiger partial charge in [-0.1, -0.05) is 30.3 Å². The molecule has 0 saturated carbocycles. The lowest BCUT2D eigenvalue weighted by atomic mass is 9.94. The molecule has 2 N–H and O–H groups in total. The molecule has 0 aliphatic rings. The maximum absolute atomic E-state index is 12.0. The van der Waals surface area contributed by atoms with Gasteiger partial charge in [-0.15, -0.1) is 0 Å². The second-order valence-corrected chi connectivity index (χ2v) is 5.61. The van der Waals surface area contributed by atoms with Gasteiger partial charge in [0.25, 0.3) is 0 Å². The third-order valence-corrected chi connectivity index (χ3v) is 3.36. The van der Waals surface area contributed by atoms with Crippen molar-refractivity contribution in [2.45, 2.75) is 45.8 Å². The van der Waals surface area contributed by atoms with Crippen LogP contribution in [-0.2, 0) is 14.3 Å². The fourth-order valence-corrected chi connectivity index (χ4v) is 2.10. The van der Waals surface area contributed by atoms with Crippen LogP contribution < -0.4 is 5.32 Å². The van der Waals surface area contributed by atoms with Crippen LogP contribution in [0.1, 0.15) is 45.2 Å². The Hall–Kier alpha value is -1.88. The first-order valence-corrected chi connectivity index (χ1v) is 7.60. The summed E-state index contributed by atoms with van der Waals surface area (Å²) < 4.78 is 5.39. The molecular weight excluding hydrogens is 282 g/mol. The summed E-state index contributed by atoms with van der Waals surface area (Å²) in [5.41, 5.74) is 0.796. The average molecular weight is 307 g/mol. The van der Waals surface area contributed by atoms with E-state index in [2.05, 4.69) is 5.32 Å². The molecule has 2 atom stereocenters. The van der Waals surface area contributed by atoms with E-state index in [0.717, 1.165) is 5.56 Å². The summed E-state index contributed by atoms with van der Waals surface area (Å²) in [6.45, 7) is 6.01. The highest BCUT2D eigenvalue weighted by Gasteiger charge is 2.26. The first kappa shape index (κ1) is 18.2. The molecule has 0 aliphatic carbocycles. The topological polar surface area (TPSA) is 75.6 Å². The number of amides is 1. The Bertz CT molecular complexity index is 473. The maximum atomic E-state index is 12.0. The number of nitrogens with one attached hydrogen (secondary N) is 1. The number of benzene rings is 1. The highest BCUT2D eigenvalue weighted by atomic mass is 16.5. The van der Waals surface area contributed by atoms with Crippen molar-refractivity contribution in [2.24, 2.45) is 5.92 Å². The van der Waals surface area contributed by atoms with Gasteiger partial charge in [-0.25, -0.2) is 0 Å². The van der Waals surface area contributed by atoms with Gasteiger partial charge in [-0.2, -0.15) is 0 Å². The Morgan fingerprint density at radius 1 is 1.18 bits per heavy atom. The fourth-order valence-electron chi connectivity index (χ4n) is 2.10. The normalized spacial score (nSPS) is 13.6. The standard InChI is InChI=1S/C17H25NO4/c1-12(2)22-11-7-10-15(19)18-16(13(3)17(20)21)14-8-5-4-6-9-14/h4-6,8-9,12-13,16H,7,10-11H2,1-3H3,(H,18,19)(H,20,21). The maximum Gasteiger partial charge on any atom is 0.308 e. The Labute approximate surface area is 131 Å². The Balaban J connectivity index is 2.61. The number of carbonyl (C=O) groups excluding carboxylic acids is 1. The molecule has 0 radical (unpaired) electrons. The molecule has 2 unspecified atom stereocenters. The van der Waals surface area contributed by atoms with Gasteiger partial charge >= 0.3 is 5.97 Å². The van der Waals surface area contributed by atoms with E-state index in [0.29, 0.717) is 19.4 Å². The van der Waals surface area contributed by atoms with Crippen LogP contribution in [0.5, 0.6) is 0 Å². The summed E-state index contributed by atoms with van der Waals surface area (Å²) in [6, 6.07) is 8.64. The first-order valence-electron chi connectivity index (χ1n) is 7.60. The molecule has 122 valence electrons. The molecule has 1 aromatic rings. The summed E-state index contributed by atoms with van der Waals surface area (Å²) in [7, 11) is 0. The number of carboxylic acids is 1. The van der Waals surface area contributed by atoms with E-state index in [4.69, 9.17) is 4.74 Å². The SMILES string of the molecule is CC(C)OCCCC(=O)NC(c1ccccc1)C(C)C(=O)O. The van der Waals surface area contributed by atoms with Crippen LogP contribution in [0.15, 0.2) is 30.3 Å². The van der Waals surface area contributed by atoms with E-state index < -0.39 is 17.9 Å². The van der Waals surface area contributed by atoms with Crippen LogP contribution >= 0.6 is 0 Å². The van der Waals surface area contributed by atoms with Crippen LogP contribution in [0.4, 0.5) is 0 Å². The van der Waals surface area contributed by atoms with Crippen LogP contribution in [0.25, 0.3) is 0 Å². The van der Waals surface area contributed by atoms with Crippen molar-refractivity contribution < 1.29 is 19.4 Å². The van der Waals surface area contributed by atoms with Gasteiger partial charge < -0.3 is 15.2 Å². The molecule has 0 fully saturated rings. The number of rotatable bonds is 9. The summed E-state index contributed by atoms with van der Waals surface area (Å²) in [4.78, 5) is 23.3. The number of ether oxygens (including phenoxy) is 1. The van der Waals surface area contributed by atoms with Crippen LogP contribution in [0.2, 0.25) is 0 Å². The van der Waals surface area contributed by atoms with Crippen molar-refractivity contribution in [1.82, 2.24) is 5.32 Å². The molecule has 0 heterocycles. The predicted molar refractivity (Wildman–Crippen MR) is 84.4 cm³/mol. The third-order valence-electron chi connectivity index (χ3n) is 3.36. The average Bonchev–Trinajstić information content (AvgIpc) is 2.49. The molecule has 0 bridgehead atoms. The zero-order chi connectivity index (χ0) is 16.5. The minimum atomic E-state index is -0.933. The molecule has 5 heteroatoms. The van der Waals surface area contributed by atoms with E-state index in [-0.39, 0.29) is 12.0 Å². The lowest BCUT2D eigenvalue weighted by Crippen LogP contribution is -2.35. The summed E-state index contributed by atoms with van der Waals surface area (Å²) in [5, 5.41) is 12.1. The smallest absolute Gasteiger partial charge is 0.308 e.